The Labute approximate surface area is 119 Å². The van der Waals surface area contributed by atoms with Gasteiger partial charge in [-0.1, -0.05) is 12.8 Å². The topological polar surface area (TPSA) is 21.3 Å². The van der Waals surface area contributed by atoms with Gasteiger partial charge in [0.05, 0.1) is 5.60 Å². The van der Waals surface area contributed by atoms with Gasteiger partial charge in [0, 0.05) is 18.7 Å². The predicted octanol–water partition coefficient (Wildman–Crippen LogP) is 3.44. The van der Waals surface area contributed by atoms with Gasteiger partial charge in [0.25, 0.3) is 0 Å². The van der Waals surface area contributed by atoms with Crippen molar-refractivity contribution in [1.82, 2.24) is 5.32 Å². The summed E-state index contributed by atoms with van der Waals surface area (Å²) in [4.78, 5) is 0. The molecule has 1 unspecified atom stereocenters. The molecule has 0 amide bonds. The molecule has 1 fully saturated rings. The fraction of sp³-hybridized carbons (Fsp3) is 0.625. The van der Waals surface area contributed by atoms with E-state index >= 15 is 0 Å². The average molecular weight is 283 g/mol. The lowest BCUT2D eigenvalue weighted by Gasteiger charge is -2.37. The molecule has 0 heterocycles. The van der Waals surface area contributed by atoms with Gasteiger partial charge in [0.1, 0.15) is 11.6 Å². The fourth-order valence-electron chi connectivity index (χ4n) is 3.37. The molecule has 0 radical (unpaired) electrons. The number of benzene rings is 1. The Morgan fingerprint density at radius 3 is 2.30 bits per heavy atom. The highest BCUT2D eigenvalue weighted by Gasteiger charge is 2.41. The van der Waals surface area contributed by atoms with E-state index in [1.807, 2.05) is 14.0 Å². The Morgan fingerprint density at radius 1 is 1.20 bits per heavy atom. The van der Waals surface area contributed by atoms with Crippen LogP contribution in [0.3, 0.4) is 0 Å². The number of likely N-dealkylation sites (N-methyl/N-ethyl adjacent to an activating group) is 1. The Morgan fingerprint density at radius 2 is 1.80 bits per heavy atom. The molecule has 0 spiro atoms. The maximum absolute atomic E-state index is 13.3. The van der Waals surface area contributed by atoms with Gasteiger partial charge in [-0.3, -0.25) is 0 Å². The summed E-state index contributed by atoms with van der Waals surface area (Å²) in [6, 6.07) is 3.79. The van der Waals surface area contributed by atoms with Gasteiger partial charge in [0.2, 0.25) is 0 Å². The highest BCUT2D eigenvalue weighted by Crippen LogP contribution is 2.37. The molecule has 0 aliphatic heterocycles. The van der Waals surface area contributed by atoms with Crippen LogP contribution in [0.2, 0.25) is 0 Å². The van der Waals surface area contributed by atoms with E-state index in [1.165, 1.54) is 12.1 Å². The number of hydrogen-bond donors (Lipinski definition) is 1. The van der Waals surface area contributed by atoms with Crippen LogP contribution in [-0.2, 0) is 11.2 Å². The zero-order chi connectivity index (χ0) is 14.6. The van der Waals surface area contributed by atoms with Crippen LogP contribution in [0.1, 0.15) is 38.2 Å². The standard InChI is InChI=1S/C16H23F2NO/c1-3-20-16(6-4-5-7-16)15(19-2)10-12-8-13(17)11-14(18)9-12/h8-9,11,15,19H,3-7,10H2,1-2H3. The second-order valence-electron chi connectivity index (χ2n) is 5.53. The molecule has 0 aromatic heterocycles. The zero-order valence-corrected chi connectivity index (χ0v) is 12.2. The zero-order valence-electron chi connectivity index (χ0n) is 12.2. The fourth-order valence-corrected chi connectivity index (χ4v) is 3.37. The Hall–Kier alpha value is -1.00. The smallest absolute Gasteiger partial charge is 0.126 e. The first-order valence-electron chi connectivity index (χ1n) is 7.36. The number of hydrogen-bond acceptors (Lipinski definition) is 2. The van der Waals surface area contributed by atoms with Crippen molar-refractivity contribution < 1.29 is 13.5 Å². The number of rotatable bonds is 6. The summed E-state index contributed by atoms with van der Waals surface area (Å²) in [5.41, 5.74) is 0.472. The number of nitrogens with one attached hydrogen (secondary N) is 1. The predicted molar refractivity (Wildman–Crippen MR) is 75.7 cm³/mol. The lowest BCUT2D eigenvalue weighted by atomic mass is 9.87. The van der Waals surface area contributed by atoms with E-state index in [2.05, 4.69) is 5.32 Å². The van der Waals surface area contributed by atoms with Gasteiger partial charge in [-0.2, -0.15) is 0 Å². The maximum Gasteiger partial charge on any atom is 0.126 e. The molecule has 2 nitrogen and oxygen atoms in total. The van der Waals surface area contributed by atoms with Crippen LogP contribution in [0.4, 0.5) is 8.78 Å². The lowest BCUT2D eigenvalue weighted by molar-refractivity contribution is -0.0597. The van der Waals surface area contributed by atoms with Crippen LogP contribution in [0.25, 0.3) is 0 Å². The molecule has 0 saturated heterocycles. The molecule has 1 aromatic carbocycles. The third-order valence-corrected chi connectivity index (χ3v) is 4.23. The molecule has 1 aromatic rings. The summed E-state index contributed by atoms with van der Waals surface area (Å²) >= 11 is 0. The highest BCUT2D eigenvalue weighted by atomic mass is 19.1. The minimum Gasteiger partial charge on any atom is -0.374 e. The van der Waals surface area contributed by atoms with Crippen LogP contribution in [-0.4, -0.2) is 25.3 Å². The SMILES string of the molecule is CCOC1(C(Cc2cc(F)cc(F)c2)NC)CCCC1. The van der Waals surface area contributed by atoms with E-state index in [9.17, 15) is 8.78 Å². The van der Waals surface area contributed by atoms with Gasteiger partial charge < -0.3 is 10.1 Å². The molecular formula is C16H23F2NO. The molecule has 0 bridgehead atoms. The quantitative estimate of drug-likeness (QED) is 0.863. The summed E-state index contributed by atoms with van der Waals surface area (Å²) in [7, 11) is 1.89. The van der Waals surface area contributed by atoms with Gasteiger partial charge >= 0.3 is 0 Å². The summed E-state index contributed by atoms with van der Waals surface area (Å²) < 4.78 is 32.6. The first-order valence-corrected chi connectivity index (χ1v) is 7.36. The van der Waals surface area contributed by atoms with Gasteiger partial charge in [-0.15, -0.1) is 0 Å². The van der Waals surface area contributed by atoms with Gasteiger partial charge in [-0.25, -0.2) is 8.78 Å². The van der Waals surface area contributed by atoms with Crippen LogP contribution >= 0.6 is 0 Å². The van der Waals surface area contributed by atoms with E-state index in [-0.39, 0.29) is 11.6 Å². The van der Waals surface area contributed by atoms with Gasteiger partial charge in [-0.05, 0) is 50.9 Å². The first kappa shape index (κ1) is 15.4. The van der Waals surface area contributed by atoms with Crippen LogP contribution in [0.15, 0.2) is 18.2 Å². The molecular weight excluding hydrogens is 260 g/mol. The molecule has 1 atom stereocenters. The molecule has 1 aliphatic rings. The normalized spacial score (nSPS) is 19.2. The third-order valence-electron chi connectivity index (χ3n) is 4.23. The lowest BCUT2D eigenvalue weighted by Crippen LogP contribution is -2.51. The maximum atomic E-state index is 13.3. The van der Waals surface area contributed by atoms with Crippen molar-refractivity contribution in [1.29, 1.82) is 0 Å². The van der Waals surface area contributed by atoms with E-state index in [4.69, 9.17) is 4.74 Å². The van der Waals surface area contributed by atoms with Crippen molar-refractivity contribution in [2.45, 2.75) is 50.7 Å². The Bertz CT molecular complexity index is 424. The largest absolute Gasteiger partial charge is 0.374 e. The van der Waals surface area contributed by atoms with Crippen LogP contribution in [0.5, 0.6) is 0 Å². The molecule has 4 heteroatoms. The molecule has 112 valence electrons. The van der Waals surface area contributed by atoms with Crippen molar-refractivity contribution in [3.05, 3.63) is 35.4 Å². The van der Waals surface area contributed by atoms with Crippen molar-refractivity contribution >= 4 is 0 Å². The van der Waals surface area contributed by atoms with Crippen LogP contribution < -0.4 is 5.32 Å². The summed E-state index contributed by atoms with van der Waals surface area (Å²) in [5.74, 6) is -1.04. The second-order valence-corrected chi connectivity index (χ2v) is 5.53. The molecule has 2 rings (SSSR count). The summed E-state index contributed by atoms with van der Waals surface area (Å²) in [5, 5.41) is 3.29. The van der Waals surface area contributed by atoms with Crippen molar-refractivity contribution in [2.75, 3.05) is 13.7 Å². The highest BCUT2D eigenvalue weighted by molar-refractivity contribution is 5.20. The minimum atomic E-state index is -0.522. The van der Waals surface area contributed by atoms with Crippen molar-refractivity contribution in [2.24, 2.45) is 0 Å². The monoisotopic (exact) mass is 283 g/mol. The molecule has 1 saturated carbocycles. The first-order chi connectivity index (χ1) is 9.59. The summed E-state index contributed by atoms with van der Waals surface area (Å²) in [6.45, 7) is 2.66. The molecule has 20 heavy (non-hydrogen) atoms. The van der Waals surface area contributed by atoms with E-state index < -0.39 is 11.6 Å². The minimum absolute atomic E-state index is 0.0751. The third kappa shape index (κ3) is 3.36. The Kier molecular flexibility index (Phi) is 5.11. The summed E-state index contributed by atoms with van der Waals surface area (Å²) in [6.07, 6.45) is 4.88. The van der Waals surface area contributed by atoms with Crippen LogP contribution in [0, 0.1) is 11.6 Å². The van der Waals surface area contributed by atoms with E-state index in [0.29, 0.717) is 18.6 Å². The number of halogens is 2. The molecule has 1 aliphatic carbocycles. The van der Waals surface area contributed by atoms with Gasteiger partial charge in [0.15, 0.2) is 0 Å². The second kappa shape index (κ2) is 6.64. The van der Waals surface area contributed by atoms with E-state index in [1.54, 1.807) is 0 Å². The van der Waals surface area contributed by atoms with Crippen molar-refractivity contribution in [3.8, 4) is 0 Å². The van der Waals surface area contributed by atoms with Crippen molar-refractivity contribution in [3.63, 3.8) is 0 Å². The average Bonchev–Trinajstić information content (AvgIpc) is 2.85. The molecule has 1 N–H and O–H groups in total. The Balaban J connectivity index is 2.18. The number of ether oxygens (including phenoxy) is 1. The van der Waals surface area contributed by atoms with E-state index in [0.717, 1.165) is 31.7 Å².